The van der Waals surface area contributed by atoms with Crippen molar-refractivity contribution in [1.29, 1.82) is 0 Å². The molecule has 2 N–H and O–H groups in total. The summed E-state index contributed by atoms with van der Waals surface area (Å²) < 4.78 is 1.97. The van der Waals surface area contributed by atoms with Crippen LogP contribution in [0.15, 0.2) is 42.6 Å². The second-order valence-electron chi connectivity index (χ2n) is 12.0. The van der Waals surface area contributed by atoms with E-state index in [9.17, 15) is 14.4 Å². The van der Waals surface area contributed by atoms with E-state index >= 15 is 0 Å². The van der Waals surface area contributed by atoms with Gasteiger partial charge in [-0.05, 0) is 56.5 Å². The van der Waals surface area contributed by atoms with Crippen LogP contribution in [0.1, 0.15) is 90.2 Å². The topological polar surface area (TPSA) is 112 Å². The predicted molar refractivity (Wildman–Crippen MR) is 158 cm³/mol. The Balaban J connectivity index is 1.32. The first kappa shape index (κ1) is 28.3. The van der Waals surface area contributed by atoms with Crippen LogP contribution in [0.3, 0.4) is 0 Å². The number of hydrogen-bond donors (Lipinski definition) is 2. The van der Waals surface area contributed by atoms with Gasteiger partial charge in [0.1, 0.15) is 5.82 Å². The lowest BCUT2D eigenvalue weighted by molar-refractivity contribution is 0.0910. The van der Waals surface area contributed by atoms with Gasteiger partial charge >= 0.3 is 6.03 Å². The average Bonchev–Trinajstić information content (AvgIpc) is 3.58. The number of carbonyl (C=O) groups is 3. The first-order chi connectivity index (χ1) is 19.5. The molecule has 1 aliphatic carbocycles. The van der Waals surface area contributed by atoms with E-state index in [1.807, 2.05) is 48.0 Å². The highest BCUT2D eigenvalue weighted by Crippen LogP contribution is 2.47. The zero-order valence-electron chi connectivity index (χ0n) is 24.7. The van der Waals surface area contributed by atoms with Gasteiger partial charge < -0.3 is 20.4 Å². The van der Waals surface area contributed by atoms with E-state index < -0.39 is 0 Å². The highest BCUT2D eigenvalue weighted by atomic mass is 16.2. The van der Waals surface area contributed by atoms with Crippen LogP contribution in [-0.2, 0) is 13.1 Å². The van der Waals surface area contributed by atoms with Crippen molar-refractivity contribution in [2.24, 2.45) is 5.41 Å². The summed E-state index contributed by atoms with van der Waals surface area (Å²) in [4.78, 5) is 46.4. The number of pyridine rings is 1. The molecule has 1 atom stereocenters. The molecule has 0 spiro atoms. The van der Waals surface area contributed by atoms with E-state index in [4.69, 9.17) is 5.10 Å². The maximum absolute atomic E-state index is 13.5. The molecule has 0 saturated heterocycles. The van der Waals surface area contributed by atoms with Gasteiger partial charge in [-0.15, -0.1) is 0 Å². The van der Waals surface area contributed by atoms with Gasteiger partial charge in [-0.2, -0.15) is 5.10 Å². The van der Waals surface area contributed by atoms with Gasteiger partial charge in [0.15, 0.2) is 11.5 Å². The molecule has 10 nitrogen and oxygen atoms in total. The zero-order valence-corrected chi connectivity index (χ0v) is 24.7. The fraction of sp³-hybridized carbons (Fsp3) is 0.452. The zero-order chi connectivity index (χ0) is 29.5. The first-order valence-corrected chi connectivity index (χ1v) is 14.2. The maximum atomic E-state index is 13.5. The van der Waals surface area contributed by atoms with Gasteiger partial charge in [0, 0.05) is 79.8 Å². The number of urea groups is 1. The molecular weight excluding hydrogens is 518 g/mol. The van der Waals surface area contributed by atoms with Crippen molar-refractivity contribution >= 4 is 29.2 Å². The summed E-state index contributed by atoms with van der Waals surface area (Å²) in [6, 6.07) is 11.1. The summed E-state index contributed by atoms with van der Waals surface area (Å²) in [6.07, 6.45) is 3.56. The lowest BCUT2D eigenvalue weighted by atomic mass is 9.95. The molecule has 3 heterocycles. The highest BCUT2D eigenvalue weighted by Gasteiger charge is 2.45. The first-order valence-electron chi connectivity index (χ1n) is 14.2. The molecule has 3 amide bonds. The van der Waals surface area contributed by atoms with Crippen molar-refractivity contribution in [1.82, 2.24) is 25.0 Å². The second-order valence-corrected chi connectivity index (χ2v) is 12.0. The molecule has 1 aliphatic heterocycles. The van der Waals surface area contributed by atoms with Gasteiger partial charge in [0.05, 0.1) is 0 Å². The van der Waals surface area contributed by atoms with Crippen molar-refractivity contribution in [2.75, 3.05) is 30.9 Å². The Kier molecular flexibility index (Phi) is 7.59. The summed E-state index contributed by atoms with van der Waals surface area (Å²) in [5.74, 6) is 0.848. The van der Waals surface area contributed by atoms with E-state index in [-0.39, 0.29) is 35.1 Å². The number of anilines is 2. The molecule has 5 rings (SSSR count). The second kappa shape index (κ2) is 11.0. The fourth-order valence-electron chi connectivity index (χ4n) is 5.26. The minimum atomic E-state index is -0.230. The lowest BCUT2D eigenvalue weighted by Crippen LogP contribution is -2.35. The van der Waals surface area contributed by atoms with E-state index in [1.54, 1.807) is 20.3 Å². The van der Waals surface area contributed by atoms with Crippen LogP contribution in [0.4, 0.5) is 16.3 Å². The van der Waals surface area contributed by atoms with E-state index in [1.165, 1.54) is 4.90 Å². The van der Waals surface area contributed by atoms with E-state index in [2.05, 4.69) is 41.3 Å². The fourth-order valence-corrected chi connectivity index (χ4v) is 5.26. The van der Waals surface area contributed by atoms with Crippen LogP contribution in [0.2, 0.25) is 0 Å². The number of rotatable bonds is 8. The molecule has 0 radical (unpaired) electrons. The number of nitrogens with one attached hydrogen (secondary N) is 2. The number of Topliss-reactive ketones (excluding diaryl/α,β-unsaturated/α-hetero) is 1. The number of aromatic nitrogens is 3. The number of hydrogen-bond acceptors (Lipinski definition) is 6. The standard InChI is InChI=1S/C31H39N7O3/c1-19(2)38-27-20(3)17-37(25-12-9-22(16-32-25)28(39)31(4)13-14-31)18-24(27)26(35-38)29(40)33-15-21-7-10-23(11-8-21)34-30(41)36(5)6/h7-12,16,19-20H,13-15,17-18H2,1-6H3,(H,33,40)(H,34,41)/t20-/m0/s1. The predicted octanol–water partition coefficient (Wildman–Crippen LogP) is 4.99. The molecule has 0 bridgehead atoms. The van der Waals surface area contributed by atoms with Crippen molar-refractivity contribution in [3.05, 3.63) is 70.7 Å². The van der Waals surface area contributed by atoms with E-state index in [0.717, 1.165) is 42.0 Å². The van der Waals surface area contributed by atoms with Crippen LogP contribution in [0.25, 0.3) is 0 Å². The van der Waals surface area contributed by atoms with Gasteiger partial charge in [0.2, 0.25) is 0 Å². The Bertz CT molecular complexity index is 1450. The molecule has 41 heavy (non-hydrogen) atoms. The number of carbonyl (C=O) groups excluding carboxylic acids is 3. The molecule has 2 aliphatic rings. The van der Waals surface area contributed by atoms with Gasteiger partial charge in [-0.1, -0.05) is 26.0 Å². The number of benzene rings is 1. The third-order valence-electron chi connectivity index (χ3n) is 8.01. The summed E-state index contributed by atoms with van der Waals surface area (Å²) in [5.41, 5.74) is 4.43. The van der Waals surface area contributed by atoms with Gasteiger partial charge in [0.25, 0.3) is 5.91 Å². The summed E-state index contributed by atoms with van der Waals surface area (Å²) in [5, 5.41) is 10.6. The molecule has 1 fully saturated rings. The molecule has 10 heteroatoms. The molecule has 3 aromatic rings. The molecule has 1 aromatic carbocycles. The highest BCUT2D eigenvalue weighted by molar-refractivity contribution is 6.01. The Hall–Kier alpha value is -4.21. The number of ketones is 1. The lowest BCUT2D eigenvalue weighted by Gasteiger charge is -2.33. The number of fused-ring (bicyclic) bond motifs is 1. The van der Waals surface area contributed by atoms with Crippen molar-refractivity contribution in [2.45, 2.75) is 65.6 Å². The van der Waals surface area contributed by atoms with Crippen molar-refractivity contribution in [3.8, 4) is 0 Å². The summed E-state index contributed by atoms with van der Waals surface area (Å²) in [6.45, 7) is 9.88. The largest absolute Gasteiger partial charge is 0.351 e. The van der Waals surface area contributed by atoms with Crippen molar-refractivity contribution in [3.63, 3.8) is 0 Å². The Labute approximate surface area is 241 Å². The monoisotopic (exact) mass is 557 g/mol. The minimum Gasteiger partial charge on any atom is -0.351 e. The summed E-state index contributed by atoms with van der Waals surface area (Å²) >= 11 is 0. The third kappa shape index (κ3) is 5.82. The van der Waals surface area contributed by atoms with Gasteiger partial charge in [-0.25, -0.2) is 9.78 Å². The van der Waals surface area contributed by atoms with Crippen molar-refractivity contribution < 1.29 is 14.4 Å². The maximum Gasteiger partial charge on any atom is 0.321 e. The average molecular weight is 558 g/mol. The molecule has 216 valence electrons. The molecule has 2 aromatic heterocycles. The summed E-state index contributed by atoms with van der Waals surface area (Å²) in [7, 11) is 3.37. The molecule has 1 saturated carbocycles. The van der Waals surface area contributed by atoms with Crippen LogP contribution in [0.5, 0.6) is 0 Å². The van der Waals surface area contributed by atoms with E-state index in [0.29, 0.717) is 30.0 Å². The quantitative estimate of drug-likeness (QED) is 0.378. The Morgan fingerprint density at radius 2 is 1.80 bits per heavy atom. The van der Waals surface area contributed by atoms with Crippen LogP contribution in [-0.4, -0.2) is 58.0 Å². The van der Waals surface area contributed by atoms with Crippen LogP contribution in [0, 0.1) is 5.41 Å². The van der Waals surface area contributed by atoms with Crippen LogP contribution >= 0.6 is 0 Å². The third-order valence-corrected chi connectivity index (χ3v) is 8.01. The van der Waals surface area contributed by atoms with Gasteiger partial charge in [-0.3, -0.25) is 14.3 Å². The molecular formula is C31H39N7O3. The smallest absolute Gasteiger partial charge is 0.321 e. The normalized spacial score (nSPS) is 17.1. The SMILES string of the molecule is CC(C)n1nc(C(=O)NCc2ccc(NC(=O)N(C)C)cc2)c2c1[C@@H](C)CN(c1ccc(C(=O)C3(C)CC3)cn1)C2. The Morgan fingerprint density at radius 3 is 2.39 bits per heavy atom. The number of nitrogens with zero attached hydrogens (tertiary/aromatic N) is 5. The Morgan fingerprint density at radius 1 is 1.10 bits per heavy atom. The molecule has 0 unspecified atom stereocenters. The number of amides is 3. The minimum absolute atomic E-state index is 0.108. The van der Waals surface area contributed by atoms with Crippen LogP contribution < -0.4 is 15.5 Å².